The lowest BCUT2D eigenvalue weighted by Gasteiger charge is -2.29. The lowest BCUT2D eigenvalue weighted by molar-refractivity contribution is 0.179. The second-order valence-corrected chi connectivity index (χ2v) is 7.61. The van der Waals surface area contributed by atoms with Crippen molar-refractivity contribution < 1.29 is 13.9 Å². The Balaban J connectivity index is 1.78. The quantitative estimate of drug-likeness (QED) is 0.824. The van der Waals surface area contributed by atoms with Crippen LogP contribution in [-0.4, -0.2) is 54.9 Å². The summed E-state index contributed by atoms with van der Waals surface area (Å²) < 4.78 is 19.7. The van der Waals surface area contributed by atoms with Gasteiger partial charge in [-0.05, 0) is 25.1 Å². The Kier molecular flexibility index (Phi) is 5.45. The van der Waals surface area contributed by atoms with Crippen LogP contribution in [0.15, 0.2) is 18.2 Å². The van der Waals surface area contributed by atoms with Crippen LogP contribution in [0.2, 0.25) is 0 Å². The van der Waals surface area contributed by atoms with Crippen molar-refractivity contribution in [3.8, 4) is 0 Å². The number of carbonyl (C=O) groups is 1. The molecule has 130 valence electrons. The van der Waals surface area contributed by atoms with Gasteiger partial charge in [-0.3, -0.25) is 4.90 Å². The zero-order valence-electron chi connectivity index (χ0n) is 13.5. The van der Waals surface area contributed by atoms with Gasteiger partial charge in [0.25, 0.3) is 0 Å². The summed E-state index contributed by atoms with van der Waals surface area (Å²) in [6.07, 6.45) is -0.453. The van der Waals surface area contributed by atoms with Gasteiger partial charge in [-0.2, -0.15) is 11.8 Å². The van der Waals surface area contributed by atoms with Gasteiger partial charge in [0.1, 0.15) is 12.4 Å². The molecule has 1 aromatic carbocycles. The van der Waals surface area contributed by atoms with Gasteiger partial charge in [0, 0.05) is 31.1 Å². The van der Waals surface area contributed by atoms with E-state index in [4.69, 9.17) is 17.0 Å². The third kappa shape index (κ3) is 3.75. The molecule has 8 heteroatoms. The standard InChI is InChI=1S/C16H20FN3O2S2/c1-11(23)18-9-13-10-22-16(21)20(13)12-2-3-15(14(17)8-12)19-4-6-24-7-5-19/h2-3,8,13H,4-7,9-10H2,1H3,(H,18,23)/t13-/m0/s1. The Bertz CT molecular complexity index is 638. The zero-order valence-corrected chi connectivity index (χ0v) is 15.1. The zero-order chi connectivity index (χ0) is 17.1. The van der Waals surface area contributed by atoms with E-state index in [0.29, 0.717) is 22.9 Å². The maximum Gasteiger partial charge on any atom is 0.414 e. The van der Waals surface area contributed by atoms with Crippen LogP contribution in [0.1, 0.15) is 6.92 Å². The predicted octanol–water partition coefficient (Wildman–Crippen LogP) is 2.64. The molecular formula is C16H20FN3O2S2. The lowest BCUT2D eigenvalue weighted by atomic mass is 10.2. The van der Waals surface area contributed by atoms with E-state index >= 15 is 0 Å². The molecule has 1 aromatic rings. The molecule has 1 N–H and O–H groups in total. The number of rotatable bonds is 4. The molecule has 0 bridgehead atoms. The normalized spacial score (nSPS) is 20.9. The highest BCUT2D eigenvalue weighted by molar-refractivity contribution is 7.99. The van der Waals surface area contributed by atoms with E-state index in [1.807, 2.05) is 16.7 Å². The summed E-state index contributed by atoms with van der Waals surface area (Å²) in [4.78, 5) is 16.2. The minimum Gasteiger partial charge on any atom is -0.447 e. The van der Waals surface area contributed by atoms with Crippen molar-refractivity contribution in [3.05, 3.63) is 24.0 Å². The number of thioether (sulfide) groups is 1. The monoisotopic (exact) mass is 369 g/mol. The smallest absolute Gasteiger partial charge is 0.414 e. The van der Waals surface area contributed by atoms with Gasteiger partial charge in [-0.25, -0.2) is 9.18 Å². The predicted molar refractivity (Wildman–Crippen MR) is 99.8 cm³/mol. The van der Waals surface area contributed by atoms with Crippen LogP contribution < -0.4 is 15.1 Å². The van der Waals surface area contributed by atoms with Gasteiger partial charge in [0.2, 0.25) is 0 Å². The summed E-state index contributed by atoms with van der Waals surface area (Å²) in [6.45, 7) is 4.21. The first-order valence-corrected chi connectivity index (χ1v) is 9.45. The van der Waals surface area contributed by atoms with E-state index in [-0.39, 0.29) is 18.5 Å². The average Bonchev–Trinajstić information content (AvgIpc) is 2.94. The molecule has 2 heterocycles. The number of amides is 1. The van der Waals surface area contributed by atoms with Gasteiger partial charge in [0.05, 0.1) is 22.4 Å². The lowest BCUT2D eigenvalue weighted by Crippen LogP contribution is -2.42. The third-order valence-electron chi connectivity index (χ3n) is 4.11. The molecule has 1 amide bonds. The Labute approximate surface area is 150 Å². The number of carbonyl (C=O) groups excluding carboxylic acids is 1. The molecule has 1 atom stereocenters. The maximum atomic E-state index is 14.6. The highest BCUT2D eigenvalue weighted by Gasteiger charge is 2.34. The molecule has 24 heavy (non-hydrogen) atoms. The molecule has 0 radical (unpaired) electrons. The van der Waals surface area contributed by atoms with E-state index in [1.165, 1.54) is 11.0 Å². The van der Waals surface area contributed by atoms with Crippen molar-refractivity contribution in [1.29, 1.82) is 0 Å². The van der Waals surface area contributed by atoms with Gasteiger partial charge in [-0.15, -0.1) is 0 Å². The summed E-state index contributed by atoms with van der Waals surface area (Å²) >= 11 is 6.88. The molecule has 2 aliphatic heterocycles. The summed E-state index contributed by atoms with van der Waals surface area (Å²) in [6, 6.07) is 4.75. The molecule has 2 saturated heterocycles. The van der Waals surface area contributed by atoms with E-state index < -0.39 is 6.09 Å². The highest BCUT2D eigenvalue weighted by atomic mass is 32.2. The van der Waals surface area contributed by atoms with Crippen LogP contribution >= 0.6 is 24.0 Å². The number of cyclic esters (lactones) is 1. The number of hydrogen-bond acceptors (Lipinski definition) is 5. The molecule has 3 rings (SSSR count). The Hall–Kier alpha value is -1.54. The number of hydrogen-bond donors (Lipinski definition) is 1. The van der Waals surface area contributed by atoms with Crippen molar-refractivity contribution >= 4 is 46.4 Å². The van der Waals surface area contributed by atoms with Crippen molar-refractivity contribution in [2.24, 2.45) is 0 Å². The summed E-state index contributed by atoms with van der Waals surface area (Å²) in [7, 11) is 0. The fourth-order valence-corrected chi connectivity index (χ4v) is 3.88. The molecule has 0 aliphatic carbocycles. The van der Waals surface area contributed by atoms with Crippen molar-refractivity contribution in [2.75, 3.05) is 47.5 Å². The first kappa shape index (κ1) is 17.3. The van der Waals surface area contributed by atoms with Gasteiger partial charge in [0.15, 0.2) is 0 Å². The third-order valence-corrected chi connectivity index (χ3v) is 5.20. The maximum absolute atomic E-state index is 14.6. The topological polar surface area (TPSA) is 44.8 Å². The summed E-state index contributed by atoms with van der Waals surface area (Å²) in [5.74, 6) is 1.70. The molecule has 0 unspecified atom stereocenters. The molecule has 0 spiro atoms. The van der Waals surface area contributed by atoms with Crippen LogP contribution in [0, 0.1) is 5.82 Å². The number of ether oxygens (including phenoxy) is 1. The largest absolute Gasteiger partial charge is 0.447 e. The van der Waals surface area contributed by atoms with Crippen molar-refractivity contribution in [1.82, 2.24) is 5.32 Å². The fraction of sp³-hybridized carbons (Fsp3) is 0.500. The van der Waals surface area contributed by atoms with Gasteiger partial charge >= 0.3 is 6.09 Å². The highest BCUT2D eigenvalue weighted by Crippen LogP contribution is 2.29. The minimum atomic E-state index is -0.453. The van der Waals surface area contributed by atoms with Crippen molar-refractivity contribution in [3.63, 3.8) is 0 Å². The molecule has 0 aromatic heterocycles. The Morgan fingerprint density at radius 1 is 1.46 bits per heavy atom. The number of nitrogens with zero attached hydrogens (tertiary/aromatic N) is 2. The van der Waals surface area contributed by atoms with E-state index in [2.05, 4.69) is 5.32 Å². The number of benzene rings is 1. The average molecular weight is 369 g/mol. The molecule has 5 nitrogen and oxygen atoms in total. The number of thiocarbonyl (C=S) groups is 1. The van der Waals surface area contributed by atoms with E-state index in [0.717, 1.165) is 24.6 Å². The molecular weight excluding hydrogens is 349 g/mol. The molecule has 0 saturated carbocycles. The molecule has 2 aliphatic rings. The summed E-state index contributed by atoms with van der Waals surface area (Å²) in [5.41, 5.74) is 1.11. The Morgan fingerprint density at radius 2 is 2.21 bits per heavy atom. The van der Waals surface area contributed by atoms with E-state index in [1.54, 1.807) is 19.1 Å². The van der Waals surface area contributed by atoms with Gasteiger partial charge < -0.3 is 15.0 Å². The second kappa shape index (κ2) is 7.57. The summed E-state index contributed by atoms with van der Waals surface area (Å²) in [5, 5.41) is 3.04. The number of halogens is 1. The fourth-order valence-electron chi connectivity index (χ4n) is 2.89. The van der Waals surface area contributed by atoms with Crippen LogP contribution in [0.4, 0.5) is 20.6 Å². The number of nitrogens with one attached hydrogen (secondary N) is 1. The van der Waals surface area contributed by atoms with Crippen LogP contribution in [0.3, 0.4) is 0 Å². The first-order valence-electron chi connectivity index (χ1n) is 7.89. The van der Waals surface area contributed by atoms with E-state index in [9.17, 15) is 9.18 Å². The van der Waals surface area contributed by atoms with Crippen molar-refractivity contribution in [2.45, 2.75) is 13.0 Å². The minimum absolute atomic E-state index is 0.202. The molecule has 2 fully saturated rings. The first-order chi connectivity index (χ1) is 11.6. The second-order valence-electron chi connectivity index (χ2n) is 5.77. The van der Waals surface area contributed by atoms with Crippen LogP contribution in [0.25, 0.3) is 0 Å². The van der Waals surface area contributed by atoms with Crippen LogP contribution in [0.5, 0.6) is 0 Å². The SMILES string of the molecule is CC(=S)NC[C@H]1COC(=O)N1c1ccc(N2CCSCC2)c(F)c1. The van der Waals surface area contributed by atoms with Crippen LogP contribution in [-0.2, 0) is 4.74 Å². The van der Waals surface area contributed by atoms with Gasteiger partial charge in [-0.1, -0.05) is 12.2 Å². The Morgan fingerprint density at radius 3 is 2.88 bits per heavy atom. The number of anilines is 2.